The highest BCUT2D eigenvalue weighted by Crippen LogP contribution is 2.29. The number of anilines is 1. The lowest BCUT2D eigenvalue weighted by molar-refractivity contribution is -0.0207. The van der Waals surface area contributed by atoms with E-state index in [4.69, 9.17) is 15.6 Å². The summed E-state index contributed by atoms with van der Waals surface area (Å²) in [6, 6.07) is 0. The number of imidazole rings is 1. The lowest BCUT2D eigenvalue weighted by atomic mass is 10.2. The number of hydrogen-bond donors (Lipinski definition) is 3. The highest BCUT2D eigenvalue weighted by Gasteiger charge is 2.27. The molecule has 2 aromatic heterocycles. The number of aromatic amines is 1. The van der Waals surface area contributed by atoms with E-state index in [0.717, 1.165) is 12.8 Å². The number of hydrogen-bond acceptors (Lipinski definition) is 6. The van der Waals surface area contributed by atoms with Gasteiger partial charge in [-0.15, -0.1) is 12.8 Å². The first-order valence-electron chi connectivity index (χ1n) is 7.01. The summed E-state index contributed by atoms with van der Waals surface area (Å²) in [4.78, 5) is 22.1. The number of rotatable bonds is 2. The summed E-state index contributed by atoms with van der Waals surface area (Å²) in [6.45, 7) is 3.99. The Kier molecular flexibility index (Phi) is 6.56. The van der Waals surface area contributed by atoms with Crippen LogP contribution >= 0.6 is 0 Å². The van der Waals surface area contributed by atoms with Gasteiger partial charge in [-0.1, -0.05) is 13.8 Å². The summed E-state index contributed by atoms with van der Waals surface area (Å²) < 4.78 is 7.30. The highest BCUT2D eigenvalue weighted by molar-refractivity contribution is 5.70. The van der Waals surface area contributed by atoms with E-state index >= 15 is 0 Å². The molecule has 0 saturated carbocycles. The normalized spacial score (nSPS) is 19.9. The summed E-state index contributed by atoms with van der Waals surface area (Å²) in [6.07, 6.45) is 10.6. The number of nitrogens with two attached hydrogens (primary N) is 1. The predicted octanol–water partition coefficient (Wildman–Crippen LogP) is 0.647. The van der Waals surface area contributed by atoms with Gasteiger partial charge in [0.15, 0.2) is 11.2 Å². The van der Waals surface area contributed by atoms with Crippen molar-refractivity contribution >= 4 is 17.1 Å². The van der Waals surface area contributed by atoms with Gasteiger partial charge in [0.25, 0.3) is 5.56 Å². The summed E-state index contributed by atoms with van der Waals surface area (Å²) >= 11 is 0. The number of terminal acetylenes is 1. The Bertz CT molecular complexity index is 676. The Balaban J connectivity index is 0.000000561. The molecule has 2 unspecified atom stereocenters. The molecule has 2 atom stereocenters. The van der Waals surface area contributed by atoms with Crippen LogP contribution in [0.5, 0.6) is 0 Å². The first-order valence-corrected chi connectivity index (χ1v) is 7.01. The van der Waals surface area contributed by atoms with E-state index in [-0.39, 0.29) is 36.0 Å². The fraction of sp³-hybridized carbons (Fsp3) is 0.500. The van der Waals surface area contributed by atoms with E-state index in [2.05, 4.69) is 27.8 Å². The lowest BCUT2D eigenvalue weighted by Crippen LogP contribution is -2.16. The summed E-state index contributed by atoms with van der Waals surface area (Å²) in [7, 11) is 0. The third-order valence-electron chi connectivity index (χ3n) is 3.05. The molecule has 0 amide bonds. The van der Waals surface area contributed by atoms with Crippen molar-refractivity contribution in [3.63, 3.8) is 0 Å². The van der Waals surface area contributed by atoms with Crippen molar-refractivity contribution < 1.29 is 9.84 Å². The van der Waals surface area contributed by atoms with Crippen LogP contribution in [-0.4, -0.2) is 37.3 Å². The summed E-state index contributed by atoms with van der Waals surface area (Å²) in [5.41, 5.74) is 5.79. The molecule has 1 aliphatic rings. The number of H-pyrrole nitrogens is 1. The van der Waals surface area contributed by atoms with Crippen LogP contribution < -0.4 is 11.3 Å². The van der Waals surface area contributed by atoms with Crippen molar-refractivity contribution in [3.05, 3.63) is 16.7 Å². The zero-order valence-corrected chi connectivity index (χ0v) is 12.7. The molecule has 0 aromatic carbocycles. The van der Waals surface area contributed by atoms with E-state index in [1.807, 2.05) is 13.8 Å². The third-order valence-corrected chi connectivity index (χ3v) is 3.05. The number of fused-ring (bicyclic) bond motifs is 1. The van der Waals surface area contributed by atoms with Crippen molar-refractivity contribution in [1.82, 2.24) is 19.5 Å². The Morgan fingerprint density at radius 1 is 1.50 bits per heavy atom. The molecule has 4 N–H and O–H groups in total. The van der Waals surface area contributed by atoms with E-state index in [9.17, 15) is 4.79 Å². The maximum Gasteiger partial charge on any atom is 0.280 e. The third kappa shape index (κ3) is 3.44. The minimum absolute atomic E-state index is 0.0146. The number of nitrogens with zero attached hydrogens (tertiary/aromatic N) is 3. The lowest BCUT2D eigenvalue weighted by Gasteiger charge is -2.13. The SMILES string of the molecule is C#C.CC.Nc1nc2c(ncn2C2CCC(CO)O2)c(=O)[nH]1. The fourth-order valence-electron chi connectivity index (χ4n) is 2.18. The van der Waals surface area contributed by atoms with Gasteiger partial charge in [-0.05, 0) is 12.8 Å². The van der Waals surface area contributed by atoms with Crippen molar-refractivity contribution in [2.75, 3.05) is 12.3 Å². The Morgan fingerprint density at radius 3 is 2.77 bits per heavy atom. The number of aromatic nitrogens is 4. The molecule has 3 heterocycles. The molecule has 1 fully saturated rings. The number of nitrogens with one attached hydrogen (secondary N) is 1. The maximum atomic E-state index is 11.6. The summed E-state index contributed by atoms with van der Waals surface area (Å²) in [5, 5.41) is 9.04. The summed E-state index contributed by atoms with van der Waals surface area (Å²) in [5.74, 6) is 0.0472. The first-order chi connectivity index (χ1) is 10.7. The van der Waals surface area contributed by atoms with Crippen LogP contribution in [0, 0.1) is 12.8 Å². The maximum absolute atomic E-state index is 11.6. The average molecular weight is 307 g/mol. The molecule has 2 aromatic rings. The molecule has 120 valence electrons. The van der Waals surface area contributed by atoms with Crippen LogP contribution in [0.2, 0.25) is 0 Å². The van der Waals surface area contributed by atoms with Crippen molar-refractivity contribution in [2.45, 2.75) is 39.0 Å². The van der Waals surface area contributed by atoms with Crippen LogP contribution in [0.1, 0.15) is 32.9 Å². The molecule has 1 saturated heterocycles. The van der Waals surface area contributed by atoms with Gasteiger partial charge in [0, 0.05) is 0 Å². The molecule has 0 radical (unpaired) electrons. The van der Waals surface area contributed by atoms with Crippen LogP contribution in [0.25, 0.3) is 11.2 Å². The minimum atomic E-state index is -0.368. The van der Waals surface area contributed by atoms with E-state index in [1.165, 1.54) is 6.33 Å². The molecule has 22 heavy (non-hydrogen) atoms. The molecule has 0 bridgehead atoms. The number of nitrogen functional groups attached to an aromatic ring is 1. The van der Waals surface area contributed by atoms with Gasteiger partial charge in [-0.2, -0.15) is 4.98 Å². The van der Waals surface area contributed by atoms with Gasteiger partial charge < -0.3 is 15.6 Å². The molecular formula is C14H21N5O3. The Labute approximate surface area is 128 Å². The number of aliphatic hydroxyl groups excluding tert-OH is 1. The highest BCUT2D eigenvalue weighted by atomic mass is 16.5. The van der Waals surface area contributed by atoms with Gasteiger partial charge in [0.05, 0.1) is 19.0 Å². The smallest absolute Gasteiger partial charge is 0.280 e. The number of ether oxygens (including phenoxy) is 1. The largest absolute Gasteiger partial charge is 0.394 e. The van der Waals surface area contributed by atoms with E-state index in [0.29, 0.717) is 5.65 Å². The minimum Gasteiger partial charge on any atom is -0.394 e. The first kappa shape index (κ1) is 17.7. The molecule has 0 spiro atoms. The topological polar surface area (TPSA) is 119 Å². The molecule has 3 rings (SSSR count). The second-order valence-corrected chi connectivity index (χ2v) is 4.25. The Hall–Kier alpha value is -2.37. The van der Waals surface area contributed by atoms with E-state index < -0.39 is 0 Å². The van der Waals surface area contributed by atoms with Crippen molar-refractivity contribution in [3.8, 4) is 12.8 Å². The zero-order chi connectivity index (χ0) is 16.7. The van der Waals surface area contributed by atoms with Crippen molar-refractivity contribution in [1.29, 1.82) is 0 Å². The van der Waals surface area contributed by atoms with Gasteiger partial charge in [0.1, 0.15) is 6.23 Å². The molecular weight excluding hydrogens is 286 g/mol. The second-order valence-electron chi connectivity index (χ2n) is 4.25. The molecule has 1 aliphatic heterocycles. The van der Waals surface area contributed by atoms with Crippen LogP contribution in [0.3, 0.4) is 0 Å². The Morgan fingerprint density at radius 2 is 2.18 bits per heavy atom. The van der Waals surface area contributed by atoms with Crippen LogP contribution in [0.15, 0.2) is 11.1 Å². The standard InChI is InChI=1S/C10H13N5O3.C2H6.C2H2/c11-10-13-8-7(9(17)14-10)12-4-15(8)6-2-1-5(3-16)18-6;2*1-2/h4-6,16H,1-3H2,(H3,11,13,14,17);1-2H3;1-2H. The predicted molar refractivity (Wildman–Crippen MR) is 84.0 cm³/mol. The zero-order valence-electron chi connectivity index (χ0n) is 12.7. The second kappa shape index (κ2) is 8.17. The van der Waals surface area contributed by atoms with Crippen LogP contribution in [0.4, 0.5) is 5.95 Å². The van der Waals surface area contributed by atoms with Gasteiger partial charge in [-0.25, -0.2) is 4.98 Å². The quantitative estimate of drug-likeness (QED) is 0.701. The van der Waals surface area contributed by atoms with E-state index in [1.54, 1.807) is 4.57 Å². The molecule has 0 aliphatic carbocycles. The fourth-order valence-corrected chi connectivity index (χ4v) is 2.18. The van der Waals surface area contributed by atoms with Gasteiger partial charge in [-0.3, -0.25) is 14.3 Å². The molecule has 8 nitrogen and oxygen atoms in total. The monoisotopic (exact) mass is 307 g/mol. The van der Waals surface area contributed by atoms with Crippen LogP contribution in [-0.2, 0) is 4.74 Å². The van der Waals surface area contributed by atoms with Crippen molar-refractivity contribution in [2.24, 2.45) is 0 Å². The van der Waals surface area contributed by atoms with Gasteiger partial charge in [0.2, 0.25) is 5.95 Å². The van der Waals surface area contributed by atoms with Gasteiger partial charge >= 0.3 is 0 Å². The number of aliphatic hydroxyl groups is 1. The average Bonchev–Trinajstić information content (AvgIpc) is 3.17. The molecule has 8 heteroatoms.